The number of hydrogen-bond acceptors (Lipinski definition) is 7. The largest absolute Gasteiger partial charge is 0.457 e. The van der Waals surface area contributed by atoms with E-state index in [-0.39, 0.29) is 24.8 Å². The van der Waals surface area contributed by atoms with E-state index in [9.17, 15) is 9.90 Å². The van der Waals surface area contributed by atoms with E-state index in [1.54, 1.807) is 18.0 Å². The van der Waals surface area contributed by atoms with Gasteiger partial charge in [0, 0.05) is 36.2 Å². The van der Waals surface area contributed by atoms with Crippen molar-refractivity contribution in [1.29, 1.82) is 0 Å². The second kappa shape index (κ2) is 17.2. The summed E-state index contributed by atoms with van der Waals surface area (Å²) in [5, 5.41) is 16.4. The highest BCUT2D eigenvalue weighted by molar-refractivity contribution is 7.99. The highest BCUT2D eigenvalue weighted by Gasteiger charge is 2.32. The van der Waals surface area contributed by atoms with Crippen LogP contribution < -0.4 is 15.4 Å². The zero-order chi connectivity index (χ0) is 35.5. The van der Waals surface area contributed by atoms with Gasteiger partial charge in [-0.15, -0.1) is 11.8 Å². The van der Waals surface area contributed by atoms with Gasteiger partial charge in [0.2, 0.25) is 0 Å². The maximum atomic E-state index is 12.8. The number of aliphatic hydroxyl groups excluding tert-OH is 1. The molecule has 1 aliphatic heterocycles. The summed E-state index contributed by atoms with van der Waals surface area (Å²) in [6.07, 6.45) is 1.68. The van der Waals surface area contributed by atoms with Crippen LogP contribution in [0.25, 0.3) is 11.1 Å². The third-order valence-corrected chi connectivity index (χ3v) is 9.71. The number of aliphatic hydroxyl groups is 1. The molecule has 1 aliphatic rings. The molecule has 262 valence electrons. The number of nitrogens with zero attached hydrogens (tertiary/aromatic N) is 1. The first-order chi connectivity index (χ1) is 25.6. The van der Waals surface area contributed by atoms with Gasteiger partial charge in [-0.25, -0.2) is 9.78 Å². The Hall–Kier alpha value is -5.45. The molecule has 8 nitrogen and oxygen atoms in total. The van der Waals surface area contributed by atoms with E-state index >= 15 is 0 Å². The number of pyridine rings is 1. The van der Waals surface area contributed by atoms with Crippen molar-refractivity contribution in [3.05, 3.63) is 174 Å². The van der Waals surface area contributed by atoms with E-state index in [0.717, 1.165) is 49.9 Å². The molecule has 7 rings (SSSR count). The van der Waals surface area contributed by atoms with Crippen molar-refractivity contribution < 1.29 is 24.1 Å². The minimum absolute atomic E-state index is 0.00137. The number of amides is 2. The number of aromatic nitrogens is 1. The first kappa shape index (κ1) is 35.0. The van der Waals surface area contributed by atoms with E-state index < -0.39 is 6.29 Å². The SMILES string of the molecule is O=C(NCc1cccc(-c2cccc(C3OC(CSc4ccccn4)CC(c4ccc(CO)cc4)O3)c2)c1)Nc1ccc(Oc2ccccc2)cc1. The van der Waals surface area contributed by atoms with Gasteiger partial charge in [0.05, 0.1) is 23.8 Å². The molecule has 0 saturated carbocycles. The number of benzene rings is 5. The Morgan fingerprint density at radius 2 is 1.50 bits per heavy atom. The highest BCUT2D eigenvalue weighted by atomic mass is 32.2. The first-order valence-corrected chi connectivity index (χ1v) is 18.2. The van der Waals surface area contributed by atoms with E-state index in [2.05, 4.69) is 39.9 Å². The van der Waals surface area contributed by atoms with E-state index in [1.807, 2.05) is 121 Å². The van der Waals surface area contributed by atoms with Crippen LogP contribution in [0.15, 0.2) is 157 Å². The lowest BCUT2D eigenvalue weighted by molar-refractivity contribution is -0.245. The molecule has 3 atom stereocenters. The fraction of sp³-hybridized carbons (Fsp3) is 0.163. The number of hydrogen-bond donors (Lipinski definition) is 3. The van der Waals surface area contributed by atoms with Crippen molar-refractivity contribution >= 4 is 23.5 Å². The van der Waals surface area contributed by atoms with E-state index in [0.29, 0.717) is 24.4 Å². The smallest absolute Gasteiger partial charge is 0.319 e. The molecule has 0 bridgehead atoms. The second-order valence-electron chi connectivity index (χ2n) is 12.4. The number of carbonyl (C=O) groups is 1. The Labute approximate surface area is 307 Å². The van der Waals surface area contributed by atoms with Crippen LogP contribution in [0.1, 0.15) is 41.1 Å². The number of urea groups is 1. The summed E-state index contributed by atoms with van der Waals surface area (Å²) in [5.74, 6) is 2.17. The lowest BCUT2D eigenvalue weighted by atomic mass is 9.99. The van der Waals surface area contributed by atoms with Gasteiger partial charge in [-0.2, -0.15) is 0 Å². The predicted molar refractivity (Wildman–Crippen MR) is 204 cm³/mol. The Bertz CT molecular complexity index is 2050. The fourth-order valence-corrected chi connectivity index (χ4v) is 6.83. The zero-order valence-electron chi connectivity index (χ0n) is 28.4. The molecule has 5 aromatic carbocycles. The Morgan fingerprint density at radius 1 is 0.750 bits per heavy atom. The van der Waals surface area contributed by atoms with E-state index in [4.69, 9.17) is 14.2 Å². The maximum absolute atomic E-state index is 12.8. The van der Waals surface area contributed by atoms with Gasteiger partial charge in [-0.1, -0.05) is 84.9 Å². The lowest BCUT2D eigenvalue weighted by Crippen LogP contribution is -2.31. The van der Waals surface area contributed by atoms with Crippen molar-refractivity contribution in [1.82, 2.24) is 10.3 Å². The molecule has 0 spiro atoms. The molecule has 2 heterocycles. The summed E-state index contributed by atoms with van der Waals surface area (Å²) in [6.45, 7) is 0.356. The molecule has 0 radical (unpaired) electrons. The van der Waals surface area contributed by atoms with Gasteiger partial charge in [-0.3, -0.25) is 0 Å². The van der Waals surface area contributed by atoms with Gasteiger partial charge < -0.3 is 30.0 Å². The molecule has 1 saturated heterocycles. The number of rotatable bonds is 12. The van der Waals surface area contributed by atoms with Crippen LogP contribution in [-0.2, 0) is 22.6 Å². The van der Waals surface area contributed by atoms with Crippen molar-refractivity contribution in [2.45, 2.75) is 43.1 Å². The average Bonchev–Trinajstić information content (AvgIpc) is 3.21. The molecule has 2 amide bonds. The first-order valence-electron chi connectivity index (χ1n) is 17.2. The molecule has 1 fully saturated rings. The van der Waals surface area contributed by atoms with Crippen LogP contribution in [-0.4, -0.2) is 28.0 Å². The summed E-state index contributed by atoms with van der Waals surface area (Å²) in [5.41, 5.74) is 6.50. The normalized spacial score (nSPS) is 16.9. The minimum Gasteiger partial charge on any atom is -0.457 e. The van der Waals surface area contributed by atoms with Crippen LogP contribution >= 0.6 is 11.8 Å². The molecule has 3 unspecified atom stereocenters. The topological polar surface area (TPSA) is 102 Å². The van der Waals surface area contributed by atoms with Crippen molar-refractivity contribution in [3.63, 3.8) is 0 Å². The third kappa shape index (κ3) is 9.45. The number of ether oxygens (including phenoxy) is 3. The highest BCUT2D eigenvalue weighted by Crippen LogP contribution is 2.40. The molecular formula is C43H39N3O5S. The van der Waals surface area contributed by atoms with Crippen molar-refractivity contribution in [3.8, 4) is 22.6 Å². The summed E-state index contributed by atoms with van der Waals surface area (Å²) in [7, 11) is 0. The van der Waals surface area contributed by atoms with Crippen molar-refractivity contribution in [2.75, 3.05) is 11.1 Å². The average molecular weight is 710 g/mol. The summed E-state index contributed by atoms with van der Waals surface area (Å²) < 4.78 is 19.0. The van der Waals surface area contributed by atoms with Gasteiger partial charge in [-0.05, 0) is 88.5 Å². The number of carbonyl (C=O) groups excluding carboxylic acids is 1. The predicted octanol–water partition coefficient (Wildman–Crippen LogP) is 9.69. The third-order valence-electron chi connectivity index (χ3n) is 8.63. The van der Waals surface area contributed by atoms with Crippen LogP contribution in [0.4, 0.5) is 10.5 Å². The number of nitrogens with one attached hydrogen (secondary N) is 2. The summed E-state index contributed by atoms with van der Waals surface area (Å²) in [6, 6.07) is 46.7. The van der Waals surface area contributed by atoms with Gasteiger partial charge >= 0.3 is 6.03 Å². The van der Waals surface area contributed by atoms with Crippen molar-refractivity contribution in [2.24, 2.45) is 0 Å². The van der Waals surface area contributed by atoms with Crippen LogP contribution in [0.3, 0.4) is 0 Å². The van der Waals surface area contributed by atoms with Crippen LogP contribution in [0.5, 0.6) is 11.5 Å². The molecule has 1 aromatic heterocycles. The Kier molecular flexibility index (Phi) is 11.6. The molecule has 6 aromatic rings. The van der Waals surface area contributed by atoms with Crippen LogP contribution in [0.2, 0.25) is 0 Å². The molecule has 9 heteroatoms. The zero-order valence-corrected chi connectivity index (χ0v) is 29.2. The molecule has 52 heavy (non-hydrogen) atoms. The second-order valence-corrected chi connectivity index (χ2v) is 13.4. The summed E-state index contributed by atoms with van der Waals surface area (Å²) >= 11 is 1.67. The fourth-order valence-electron chi connectivity index (χ4n) is 5.95. The summed E-state index contributed by atoms with van der Waals surface area (Å²) in [4.78, 5) is 17.2. The minimum atomic E-state index is -0.571. The molecular weight excluding hydrogens is 671 g/mol. The van der Waals surface area contributed by atoms with Gasteiger partial charge in [0.15, 0.2) is 6.29 Å². The quantitative estimate of drug-likeness (QED) is 0.109. The Balaban J connectivity index is 0.999. The standard InChI is InChI=1S/C43H39N3O5S/c47-28-30-15-17-32(18-16-30)40-26-39(29-52-41-14-4-5-23-44-41)50-42(51-40)35-11-7-10-34(25-35)33-9-6-8-31(24-33)27-45-43(48)46-36-19-21-38(22-20-36)49-37-12-2-1-3-13-37/h1-25,39-40,42,47H,26-29H2,(H2,45,46,48). The maximum Gasteiger partial charge on any atom is 0.319 e. The lowest BCUT2D eigenvalue weighted by Gasteiger charge is -2.36. The van der Waals surface area contributed by atoms with Gasteiger partial charge in [0.1, 0.15) is 11.5 Å². The Morgan fingerprint density at radius 3 is 2.27 bits per heavy atom. The monoisotopic (exact) mass is 709 g/mol. The number of thioether (sulfide) groups is 1. The van der Waals surface area contributed by atoms with Gasteiger partial charge in [0.25, 0.3) is 0 Å². The molecule has 3 N–H and O–H groups in total. The number of para-hydroxylation sites is 1. The number of anilines is 1. The van der Waals surface area contributed by atoms with E-state index in [1.165, 1.54) is 0 Å². The van der Waals surface area contributed by atoms with Crippen LogP contribution in [0, 0.1) is 0 Å². The molecule has 0 aliphatic carbocycles.